The number of carbonyl (C=O) groups excluding carboxylic acids is 1. The Morgan fingerprint density at radius 2 is 2.24 bits per heavy atom. The second-order valence-electron chi connectivity index (χ2n) is 5.55. The van der Waals surface area contributed by atoms with Crippen LogP contribution in [0.25, 0.3) is 0 Å². The van der Waals surface area contributed by atoms with Crippen molar-refractivity contribution in [3.05, 3.63) is 15.6 Å². The van der Waals surface area contributed by atoms with Crippen LogP contribution < -0.4 is 5.32 Å². The highest BCUT2D eigenvalue weighted by molar-refractivity contribution is 7.11. The average Bonchev–Trinajstić information content (AvgIpc) is 2.95. The Labute approximate surface area is 128 Å². The highest BCUT2D eigenvalue weighted by Gasteiger charge is 2.28. The first-order valence-corrected chi connectivity index (χ1v) is 7.89. The van der Waals surface area contributed by atoms with Crippen LogP contribution in [0, 0.1) is 19.8 Å². The van der Waals surface area contributed by atoms with Gasteiger partial charge in [0.15, 0.2) is 0 Å². The minimum absolute atomic E-state index is 0.0657. The third-order valence-corrected chi connectivity index (χ3v) is 4.96. The molecule has 0 spiro atoms. The van der Waals surface area contributed by atoms with E-state index in [1.54, 1.807) is 16.2 Å². The fraction of sp³-hybridized carbons (Fsp3) is 0.643. The molecule has 0 bridgehead atoms. The maximum Gasteiger partial charge on any atom is 0.317 e. The molecule has 1 aliphatic heterocycles. The second-order valence-corrected chi connectivity index (χ2v) is 6.79. The summed E-state index contributed by atoms with van der Waals surface area (Å²) in [5.74, 6) is -0.734. The summed E-state index contributed by atoms with van der Waals surface area (Å²) in [4.78, 5) is 30.1. The molecule has 2 N–H and O–H groups in total. The molecule has 0 aliphatic carbocycles. The zero-order valence-electron chi connectivity index (χ0n) is 12.5. The summed E-state index contributed by atoms with van der Waals surface area (Å²) in [7, 11) is 0. The fourth-order valence-electron chi connectivity index (χ4n) is 2.72. The van der Waals surface area contributed by atoms with Crippen molar-refractivity contribution in [2.75, 3.05) is 13.1 Å². The molecular formula is C14H21N3O3S. The molecule has 2 heterocycles. The maximum atomic E-state index is 12.2. The van der Waals surface area contributed by atoms with Gasteiger partial charge in [-0.3, -0.25) is 4.79 Å². The van der Waals surface area contributed by atoms with Gasteiger partial charge in [0.25, 0.3) is 0 Å². The van der Waals surface area contributed by atoms with E-state index in [4.69, 9.17) is 5.11 Å². The third kappa shape index (κ3) is 3.93. The van der Waals surface area contributed by atoms with Crippen molar-refractivity contribution >= 4 is 23.3 Å². The minimum atomic E-state index is -0.800. The molecule has 116 valence electrons. The topological polar surface area (TPSA) is 82.5 Å². The summed E-state index contributed by atoms with van der Waals surface area (Å²) < 4.78 is 0. The van der Waals surface area contributed by atoms with Crippen LogP contribution in [-0.2, 0) is 4.79 Å². The number of hydrogen-bond donors (Lipinski definition) is 2. The zero-order valence-corrected chi connectivity index (χ0v) is 13.4. The Hall–Kier alpha value is -1.63. The first-order chi connectivity index (χ1) is 9.86. The molecule has 21 heavy (non-hydrogen) atoms. The SMILES string of the molecule is Cc1nc(C)c(C(C)NC(=O)N2CCC(CC(=O)O)C2)s1. The van der Waals surface area contributed by atoms with E-state index in [0.29, 0.717) is 13.1 Å². The normalized spacial score (nSPS) is 19.6. The van der Waals surface area contributed by atoms with E-state index in [2.05, 4.69) is 10.3 Å². The van der Waals surface area contributed by atoms with Crippen molar-refractivity contribution in [2.45, 2.75) is 39.7 Å². The summed E-state index contributed by atoms with van der Waals surface area (Å²) in [6, 6.07) is -0.205. The molecule has 0 aromatic carbocycles. The van der Waals surface area contributed by atoms with Crippen molar-refractivity contribution < 1.29 is 14.7 Å². The van der Waals surface area contributed by atoms with Crippen LogP contribution in [0.1, 0.15) is 41.4 Å². The Bertz CT molecular complexity index is 544. The number of carbonyl (C=O) groups is 2. The van der Waals surface area contributed by atoms with Crippen LogP contribution in [-0.4, -0.2) is 40.1 Å². The number of nitrogens with one attached hydrogen (secondary N) is 1. The van der Waals surface area contributed by atoms with Crippen molar-refractivity contribution in [1.82, 2.24) is 15.2 Å². The Morgan fingerprint density at radius 3 is 2.81 bits per heavy atom. The molecule has 1 aliphatic rings. The van der Waals surface area contributed by atoms with Gasteiger partial charge in [-0.25, -0.2) is 9.78 Å². The minimum Gasteiger partial charge on any atom is -0.481 e. The lowest BCUT2D eigenvalue weighted by Crippen LogP contribution is -2.39. The van der Waals surface area contributed by atoms with Gasteiger partial charge >= 0.3 is 12.0 Å². The van der Waals surface area contributed by atoms with Gasteiger partial charge in [-0.1, -0.05) is 0 Å². The molecule has 0 radical (unpaired) electrons. The van der Waals surface area contributed by atoms with Crippen molar-refractivity contribution in [3.63, 3.8) is 0 Å². The quantitative estimate of drug-likeness (QED) is 0.894. The monoisotopic (exact) mass is 311 g/mol. The highest BCUT2D eigenvalue weighted by Crippen LogP contribution is 2.25. The molecule has 2 atom stereocenters. The van der Waals surface area contributed by atoms with Crippen LogP contribution in [0.2, 0.25) is 0 Å². The van der Waals surface area contributed by atoms with Crippen molar-refractivity contribution in [3.8, 4) is 0 Å². The molecule has 1 aromatic heterocycles. The summed E-state index contributed by atoms with van der Waals surface area (Å²) in [5.41, 5.74) is 0.954. The van der Waals surface area contributed by atoms with Crippen LogP contribution in [0.3, 0.4) is 0 Å². The molecule has 6 nitrogen and oxygen atoms in total. The molecule has 2 amide bonds. The predicted octanol–water partition coefficient (Wildman–Crippen LogP) is 2.33. The summed E-state index contributed by atoms with van der Waals surface area (Å²) in [6.45, 7) is 6.98. The lowest BCUT2D eigenvalue weighted by molar-refractivity contribution is -0.138. The van der Waals surface area contributed by atoms with Crippen LogP contribution >= 0.6 is 11.3 Å². The van der Waals surface area contributed by atoms with Crippen LogP contribution in [0.4, 0.5) is 4.79 Å². The molecule has 0 saturated carbocycles. The first kappa shape index (κ1) is 15.8. The van der Waals surface area contributed by atoms with Gasteiger partial charge in [0, 0.05) is 24.4 Å². The fourth-order valence-corrected chi connectivity index (χ4v) is 3.65. The number of likely N-dealkylation sites (tertiary alicyclic amines) is 1. The lowest BCUT2D eigenvalue weighted by atomic mass is 10.1. The van der Waals surface area contributed by atoms with E-state index >= 15 is 0 Å². The largest absolute Gasteiger partial charge is 0.481 e. The number of aryl methyl sites for hydroxylation is 2. The summed E-state index contributed by atoms with van der Waals surface area (Å²) in [5, 5.41) is 12.8. The smallest absolute Gasteiger partial charge is 0.317 e. The number of hydrogen-bond acceptors (Lipinski definition) is 4. The Balaban J connectivity index is 1.90. The number of amides is 2. The predicted molar refractivity (Wildman–Crippen MR) is 80.5 cm³/mol. The number of urea groups is 1. The van der Waals surface area contributed by atoms with Gasteiger partial charge in [0.05, 0.1) is 16.7 Å². The molecule has 7 heteroatoms. The van der Waals surface area contributed by atoms with Gasteiger partial charge < -0.3 is 15.3 Å². The number of carboxylic acids is 1. The molecule has 2 rings (SSSR count). The van der Waals surface area contributed by atoms with E-state index in [1.165, 1.54) is 0 Å². The van der Waals surface area contributed by atoms with Crippen molar-refractivity contribution in [2.24, 2.45) is 5.92 Å². The van der Waals surface area contributed by atoms with E-state index in [0.717, 1.165) is 22.0 Å². The molecular weight excluding hydrogens is 290 g/mol. The zero-order chi connectivity index (χ0) is 15.6. The van der Waals surface area contributed by atoms with Gasteiger partial charge in [-0.15, -0.1) is 11.3 Å². The molecule has 1 fully saturated rings. The Kier molecular flexibility index (Phi) is 4.82. The Morgan fingerprint density at radius 1 is 1.52 bits per heavy atom. The van der Waals surface area contributed by atoms with E-state index in [9.17, 15) is 9.59 Å². The van der Waals surface area contributed by atoms with Gasteiger partial charge in [-0.05, 0) is 33.1 Å². The number of aliphatic carboxylic acids is 1. The number of thiazole rings is 1. The van der Waals surface area contributed by atoms with E-state index < -0.39 is 5.97 Å². The first-order valence-electron chi connectivity index (χ1n) is 7.08. The van der Waals surface area contributed by atoms with Crippen LogP contribution in [0.5, 0.6) is 0 Å². The second kappa shape index (κ2) is 6.43. The van der Waals surface area contributed by atoms with Crippen molar-refractivity contribution in [1.29, 1.82) is 0 Å². The van der Waals surface area contributed by atoms with E-state index in [-0.39, 0.29) is 24.4 Å². The molecule has 2 unspecified atom stereocenters. The standard InChI is InChI=1S/C14H21N3O3S/c1-8-13(21-10(3)15-8)9(2)16-14(20)17-5-4-11(7-17)6-12(18)19/h9,11H,4-7H2,1-3H3,(H,16,20)(H,18,19). The van der Waals surface area contributed by atoms with Gasteiger partial charge in [0.1, 0.15) is 0 Å². The van der Waals surface area contributed by atoms with E-state index in [1.807, 2.05) is 20.8 Å². The number of rotatable bonds is 4. The molecule has 1 aromatic rings. The van der Waals surface area contributed by atoms with Gasteiger partial charge in [-0.2, -0.15) is 0 Å². The highest BCUT2D eigenvalue weighted by atomic mass is 32.1. The lowest BCUT2D eigenvalue weighted by Gasteiger charge is -2.20. The number of aromatic nitrogens is 1. The van der Waals surface area contributed by atoms with Gasteiger partial charge in [0.2, 0.25) is 0 Å². The summed E-state index contributed by atoms with van der Waals surface area (Å²) >= 11 is 1.59. The maximum absolute atomic E-state index is 12.2. The van der Waals surface area contributed by atoms with Crippen LogP contribution in [0.15, 0.2) is 0 Å². The average molecular weight is 311 g/mol. The number of carboxylic acid groups (broad SMARTS) is 1. The number of nitrogens with zero attached hydrogens (tertiary/aromatic N) is 2. The summed E-state index contributed by atoms with van der Waals surface area (Å²) in [6.07, 6.45) is 0.888. The third-order valence-electron chi connectivity index (χ3n) is 3.71. The molecule has 1 saturated heterocycles.